The first-order chi connectivity index (χ1) is 10.1. The first-order valence-electron chi connectivity index (χ1n) is 7.77. The maximum absolute atomic E-state index is 12.4. The average molecular weight is 287 g/mol. The van der Waals surface area contributed by atoms with Crippen molar-refractivity contribution >= 4 is 11.7 Å². The number of Topliss-reactive ketones (excluding diaryl/α,β-unsaturated/α-hetero) is 1. The number of piperidine rings is 1. The average Bonchev–Trinajstić information content (AvgIpc) is 2.46. The lowest BCUT2D eigenvalue weighted by atomic mass is 9.83. The molecule has 1 aromatic rings. The van der Waals surface area contributed by atoms with Gasteiger partial charge in [-0.3, -0.25) is 9.59 Å². The highest BCUT2D eigenvalue weighted by Gasteiger charge is 2.33. The van der Waals surface area contributed by atoms with E-state index < -0.39 is 0 Å². The van der Waals surface area contributed by atoms with Crippen LogP contribution in [0.2, 0.25) is 0 Å². The fourth-order valence-electron chi connectivity index (χ4n) is 3.14. The molecule has 1 N–H and O–H groups in total. The van der Waals surface area contributed by atoms with Gasteiger partial charge in [-0.15, -0.1) is 0 Å². The van der Waals surface area contributed by atoms with Crippen molar-refractivity contribution in [3.8, 4) is 5.75 Å². The number of nitrogens with zero attached hydrogens (tertiary/aromatic N) is 1. The van der Waals surface area contributed by atoms with Gasteiger partial charge in [0, 0.05) is 30.5 Å². The van der Waals surface area contributed by atoms with Gasteiger partial charge in [0.2, 0.25) is 5.91 Å². The maximum Gasteiger partial charge on any atom is 0.225 e. The Morgan fingerprint density at radius 3 is 2.10 bits per heavy atom. The summed E-state index contributed by atoms with van der Waals surface area (Å²) < 4.78 is 0. The molecule has 2 aliphatic rings. The molecule has 1 amide bonds. The van der Waals surface area contributed by atoms with E-state index in [0.29, 0.717) is 18.7 Å². The first kappa shape index (κ1) is 14.1. The van der Waals surface area contributed by atoms with Crippen molar-refractivity contribution in [2.45, 2.75) is 32.1 Å². The number of carbonyl (C=O) groups is 2. The third kappa shape index (κ3) is 2.94. The van der Waals surface area contributed by atoms with Crippen LogP contribution in [0.5, 0.6) is 5.75 Å². The van der Waals surface area contributed by atoms with E-state index in [1.54, 1.807) is 24.3 Å². The summed E-state index contributed by atoms with van der Waals surface area (Å²) in [5.41, 5.74) is 0.650. The number of likely N-dealkylation sites (tertiary alicyclic amines) is 1. The molecule has 21 heavy (non-hydrogen) atoms. The fraction of sp³-hybridized carbons (Fsp3) is 0.529. The minimum atomic E-state index is -0.0000154. The Kier molecular flexibility index (Phi) is 3.95. The number of benzene rings is 1. The van der Waals surface area contributed by atoms with Gasteiger partial charge in [0.15, 0.2) is 5.78 Å². The molecule has 1 aromatic carbocycles. The number of amides is 1. The summed E-state index contributed by atoms with van der Waals surface area (Å²) in [6.07, 6.45) is 4.74. The van der Waals surface area contributed by atoms with Crippen molar-refractivity contribution in [2.24, 2.45) is 11.8 Å². The van der Waals surface area contributed by atoms with Crippen LogP contribution >= 0.6 is 0 Å². The quantitative estimate of drug-likeness (QED) is 0.869. The van der Waals surface area contributed by atoms with Gasteiger partial charge in [0.25, 0.3) is 0 Å². The highest BCUT2D eigenvalue weighted by Crippen LogP contribution is 2.30. The molecule has 3 rings (SSSR count). The highest BCUT2D eigenvalue weighted by atomic mass is 16.3. The smallest absolute Gasteiger partial charge is 0.225 e. The zero-order valence-electron chi connectivity index (χ0n) is 12.1. The van der Waals surface area contributed by atoms with E-state index in [9.17, 15) is 14.7 Å². The van der Waals surface area contributed by atoms with Crippen LogP contribution in [0.25, 0.3) is 0 Å². The number of rotatable bonds is 3. The Morgan fingerprint density at radius 1 is 0.952 bits per heavy atom. The lowest BCUT2D eigenvalue weighted by molar-refractivity contribution is -0.139. The molecule has 0 aromatic heterocycles. The monoisotopic (exact) mass is 287 g/mol. The molecule has 0 bridgehead atoms. The van der Waals surface area contributed by atoms with Gasteiger partial charge >= 0.3 is 0 Å². The Morgan fingerprint density at radius 2 is 1.57 bits per heavy atom. The molecule has 4 heteroatoms. The summed E-state index contributed by atoms with van der Waals surface area (Å²) in [4.78, 5) is 26.5. The second-order valence-corrected chi connectivity index (χ2v) is 6.14. The van der Waals surface area contributed by atoms with Crippen LogP contribution in [0.15, 0.2) is 24.3 Å². The van der Waals surface area contributed by atoms with E-state index in [0.717, 1.165) is 25.7 Å². The Bertz CT molecular complexity index is 525. The second-order valence-electron chi connectivity index (χ2n) is 6.14. The number of phenolic OH excluding ortho intramolecular Hbond substituents is 1. The predicted molar refractivity (Wildman–Crippen MR) is 79.1 cm³/mol. The van der Waals surface area contributed by atoms with E-state index in [4.69, 9.17) is 0 Å². The zero-order chi connectivity index (χ0) is 14.8. The molecule has 1 aliphatic heterocycles. The van der Waals surface area contributed by atoms with Gasteiger partial charge in [-0.1, -0.05) is 6.42 Å². The molecule has 0 atom stereocenters. The topological polar surface area (TPSA) is 57.6 Å². The number of hydrogen-bond acceptors (Lipinski definition) is 3. The van der Waals surface area contributed by atoms with Crippen LogP contribution in [-0.2, 0) is 4.79 Å². The van der Waals surface area contributed by atoms with Crippen LogP contribution < -0.4 is 0 Å². The van der Waals surface area contributed by atoms with Gasteiger partial charge in [-0.2, -0.15) is 0 Å². The van der Waals surface area contributed by atoms with Crippen molar-refractivity contribution in [1.29, 1.82) is 0 Å². The fourth-order valence-corrected chi connectivity index (χ4v) is 3.14. The second kappa shape index (κ2) is 5.88. The van der Waals surface area contributed by atoms with Crippen molar-refractivity contribution in [3.05, 3.63) is 29.8 Å². The minimum absolute atomic E-state index is 0.0000154. The normalized spacial score (nSPS) is 20.1. The molecule has 1 saturated heterocycles. The maximum atomic E-state index is 12.4. The molecule has 0 spiro atoms. The van der Waals surface area contributed by atoms with Crippen molar-refractivity contribution < 1.29 is 14.7 Å². The van der Waals surface area contributed by atoms with Crippen LogP contribution in [0.1, 0.15) is 42.5 Å². The summed E-state index contributed by atoms with van der Waals surface area (Å²) in [6.45, 7) is 1.40. The number of hydrogen-bond donors (Lipinski definition) is 1. The molecule has 1 heterocycles. The number of aromatic hydroxyl groups is 1. The molecule has 0 radical (unpaired) electrons. The molecule has 4 nitrogen and oxygen atoms in total. The largest absolute Gasteiger partial charge is 0.508 e. The standard InChI is InChI=1S/C17H21NO3/c19-15-6-4-12(5-7-15)16(20)13-8-10-18(11-9-13)17(21)14-2-1-3-14/h4-7,13-14,19H,1-3,8-11H2. The first-order valence-corrected chi connectivity index (χ1v) is 7.77. The summed E-state index contributed by atoms with van der Waals surface area (Å²) in [5.74, 6) is 0.837. The van der Waals surface area contributed by atoms with Gasteiger partial charge in [-0.25, -0.2) is 0 Å². The summed E-state index contributed by atoms with van der Waals surface area (Å²) in [7, 11) is 0. The number of ketones is 1. The third-order valence-electron chi connectivity index (χ3n) is 4.78. The summed E-state index contributed by atoms with van der Waals surface area (Å²) >= 11 is 0. The lowest BCUT2D eigenvalue weighted by Gasteiger charge is -2.36. The van der Waals surface area contributed by atoms with Gasteiger partial charge < -0.3 is 10.0 Å². The van der Waals surface area contributed by atoms with Crippen LogP contribution in [0.3, 0.4) is 0 Å². The van der Waals surface area contributed by atoms with Crippen LogP contribution in [-0.4, -0.2) is 34.8 Å². The third-order valence-corrected chi connectivity index (χ3v) is 4.78. The van der Waals surface area contributed by atoms with Gasteiger partial charge in [-0.05, 0) is 49.9 Å². The van der Waals surface area contributed by atoms with Gasteiger partial charge in [0.05, 0.1) is 0 Å². The van der Waals surface area contributed by atoms with E-state index in [2.05, 4.69) is 0 Å². The van der Waals surface area contributed by atoms with Crippen LogP contribution in [0.4, 0.5) is 0 Å². The number of carbonyl (C=O) groups excluding carboxylic acids is 2. The van der Waals surface area contributed by atoms with Crippen molar-refractivity contribution in [3.63, 3.8) is 0 Å². The van der Waals surface area contributed by atoms with Crippen molar-refractivity contribution in [2.75, 3.05) is 13.1 Å². The van der Waals surface area contributed by atoms with E-state index in [1.165, 1.54) is 6.42 Å². The number of phenols is 1. The van der Waals surface area contributed by atoms with E-state index >= 15 is 0 Å². The minimum Gasteiger partial charge on any atom is -0.508 e. The predicted octanol–water partition coefficient (Wildman–Crippen LogP) is 2.61. The molecule has 112 valence electrons. The Hall–Kier alpha value is -1.84. The van der Waals surface area contributed by atoms with Crippen molar-refractivity contribution in [1.82, 2.24) is 4.90 Å². The summed E-state index contributed by atoms with van der Waals surface area (Å²) in [6, 6.07) is 6.43. The van der Waals surface area contributed by atoms with Gasteiger partial charge in [0.1, 0.15) is 5.75 Å². The molecule has 0 unspecified atom stereocenters. The Labute approximate surface area is 124 Å². The highest BCUT2D eigenvalue weighted by molar-refractivity contribution is 5.98. The lowest BCUT2D eigenvalue weighted by Crippen LogP contribution is -2.44. The zero-order valence-corrected chi connectivity index (χ0v) is 12.1. The van der Waals surface area contributed by atoms with E-state index in [1.807, 2.05) is 4.90 Å². The molecule has 2 fully saturated rings. The van der Waals surface area contributed by atoms with Crippen LogP contribution in [0, 0.1) is 11.8 Å². The molecule has 1 aliphatic carbocycles. The molecular formula is C17H21NO3. The molecular weight excluding hydrogens is 266 g/mol. The van der Waals surface area contributed by atoms with E-state index in [-0.39, 0.29) is 29.3 Å². The Balaban J connectivity index is 1.56. The molecule has 1 saturated carbocycles. The SMILES string of the molecule is O=C(c1ccc(O)cc1)C1CCN(C(=O)C2CCC2)CC1. The summed E-state index contributed by atoms with van der Waals surface area (Å²) in [5, 5.41) is 9.27.